The van der Waals surface area contributed by atoms with Crippen LogP contribution in [0.25, 0.3) is 0 Å². The van der Waals surface area contributed by atoms with Gasteiger partial charge in [0.25, 0.3) is 0 Å². The zero-order chi connectivity index (χ0) is 13.9. The number of nitrogens with two attached hydrogens (primary N) is 1. The van der Waals surface area contributed by atoms with Crippen LogP contribution in [0.15, 0.2) is 24.3 Å². The summed E-state index contributed by atoms with van der Waals surface area (Å²) in [6.45, 7) is 4.90. The van der Waals surface area contributed by atoms with Crippen LogP contribution in [-0.2, 0) is 11.3 Å². The normalized spacial score (nSPS) is 21.9. The lowest BCUT2D eigenvalue weighted by Gasteiger charge is -2.37. The quantitative estimate of drug-likeness (QED) is 0.876. The predicted molar refractivity (Wildman–Crippen MR) is 78.7 cm³/mol. The van der Waals surface area contributed by atoms with Crippen molar-refractivity contribution in [3.63, 3.8) is 0 Å². The average molecular weight is 260 g/mol. The average Bonchev–Trinajstić information content (AvgIpc) is 2.38. The number of nitrogens with one attached hydrogen (secondary N) is 1. The van der Waals surface area contributed by atoms with Gasteiger partial charge in [-0.1, -0.05) is 38.8 Å². The number of hydrogen-bond donors (Lipinski definition) is 2. The Labute approximate surface area is 115 Å². The fraction of sp³-hybridized carbons (Fsp3) is 0.562. The summed E-state index contributed by atoms with van der Waals surface area (Å²) < 4.78 is 0. The Morgan fingerprint density at radius 2 is 2.21 bits per heavy atom. The molecule has 1 aromatic rings. The van der Waals surface area contributed by atoms with Gasteiger partial charge in [0.05, 0.1) is 0 Å². The second-order valence-corrected chi connectivity index (χ2v) is 6.18. The Balaban J connectivity index is 2.07. The van der Waals surface area contributed by atoms with E-state index in [0.29, 0.717) is 6.54 Å². The minimum absolute atomic E-state index is 0.105. The molecule has 1 aliphatic rings. The molecular weight excluding hydrogens is 236 g/mol. The van der Waals surface area contributed by atoms with Gasteiger partial charge >= 0.3 is 0 Å². The van der Waals surface area contributed by atoms with Crippen LogP contribution in [-0.4, -0.2) is 5.91 Å². The highest BCUT2D eigenvalue weighted by Crippen LogP contribution is 2.41. The van der Waals surface area contributed by atoms with E-state index in [2.05, 4.69) is 19.2 Å². The maximum Gasteiger partial charge on any atom is 0.228 e. The van der Waals surface area contributed by atoms with Crippen molar-refractivity contribution in [2.75, 3.05) is 5.32 Å². The number of benzene rings is 1. The van der Waals surface area contributed by atoms with E-state index >= 15 is 0 Å². The molecule has 0 heterocycles. The zero-order valence-corrected chi connectivity index (χ0v) is 11.9. The SMILES string of the molecule is CC1(C)CCCCC1C(=O)Nc1cccc(CN)c1. The lowest BCUT2D eigenvalue weighted by atomic mass is 9.68. The van der Waals surface area contributed by atoms with Crippen molar-refractivity contribution >= 4 is 11.6 Å². The van der Waals surface area contributed by atoms with Gasteiger partial charge in [-0.25, -0.2) is 0 Å². The van der Waals surface area contributed by atoms with Crippen molar-refractivity contribution in [1.82, 2.24) is 0 Å². The van der Waals surface area contributed by atoms with Gasteiger partial charge in [0.1, 0.15) is 0 Å². The fourth-order valence-corrected chi connectivity index (χ4v) is 2.99. The van der Waals surface area contributed by atoms with Gasteiger partial charge in [-0.15, -0.1) is 0 Å². The van der Waals surface area contributed by atoms with Crippen LogP contribution in [0.4, 0.5) is 5.69 Å². The smallest absolute Gasteiger partial charge is 0.228 e. The second kappa shape index (κ2) is 5.74. The van der Waals surface area contributed by atoms with Crippen LogP contribution in [0.1, 0.15) is 45.1 Å². The number of rotatable bonds is 3. The van der Waals surface area contributed by atoms with E-state index in [0.717, 1.165) is 30.5 Å². The molecule has 104 valence electrons. The lowest BCUT2D eigenvalue weighted by molar-refractivity contribution is -0.124. The minimum atomic E-state index is 0.105. The third-order valence-electron chi connectivity index (χ3n) is 4.25. The van der Waals surface area contributed by atoms with Crippen molar-refractivity contribution < 1.29 is 4.79 Å². The molecule has 0 saturated heterocycles. The van der Waals surface area contributed by atoms with Gasteiger partial charge in [-0.05, 0) is 36.0 Å². The molecule has 1 aliphatic carbocycles. The molecule has 1 aromatic carbocycles. The Kier molecular flexibility index (Phi) is 4.25. The monoisotopic (exact) mass is 260 g/mol. The highest BCUT2D eigenvalue weighted by Gasteiger charge is 2.37. The van der Waals surface area contributed by atoms with Crippen molar-refractivity contribution in [1.29, 1.82) is 0 Å². The number of amides is 1. The molecular formula is C16H24N2O. The number of anilines is 1. The molecule has 1 amide bonds. The van der Waals surface area contributed by atoms with Gasteiger partial charge in [-0.3, -0.25) is 4.79 Å². The molecule has 3 heteroatoms. The van der Waals surface area contributed by atoms with Crippen molar-refractivity contribution in [3.05, 3.63) is 29.8 Å². The highest BCUT2D eigenvalue weighted by atomic mass is 16.1. The highest BCUT2D eigenvalue weighted by molar-refractivity contribution is 5.93. The molecule has 0 spiro atoms. The van der Waals surface area contributed by atoms with E-state index in [-0.39, 0.29) is 17.2 Å². The first kappa shape index (κ1) is 14.1. The summed E-state index contributed by atoms with van der Waals surface area (Å²) in [5.74, 6) is 0.265. The predicted octanol–water partition coefficient (Wildman–Crippen LogP) is 3.30. The number of carbonyl (C=O) groups excluding carboxylic acids is 1. The first-order valence-electron chi connectivity index (χ1n) is 7.13. The first-order chi connectivity index (χ1) is 9.03. The Morgan fingerprint density at radius 3 is 2.89 bits per heavy atom. The minimum Gasteiger partial charge on any atom is -0.326 e. The molecule has 0 aliphatic heterocycles. The Morgan fingerprint density at radius 1 is 1.42 bits per heavy atom. The molecule has 2 rings (SSSR count). The maximum atomic E-state index is 12.4. The van der Waals surface area contributed by atoms with Crippen LogP contribution in [0.2, 0.25) is 0 Å². The van der Waals surface area contributed by atoms with Crippen LogP contribution in [0.5, 0.6) is 0 Å². The van der Waals surface area contributed by atoms with Gasteiger partial charge in [0, 0.05) is 18.2 Å². The summed E-state index contributed by atoms with van der Waals surface area (Å²) in [7, 11) is 0. The molecule has 1 atom stereocenters. The van der Waals surface area contributed by atoms with E-state index in [9.17, 15) is 4.79 Å². The zero-order valence-electron chi connectivity index (χ0n) is 11.9. The van der Waals surface area contributed by atoms with Crippen molar-refractivity contribution in [2.45, 2.75) is 46.1 Å². The lowest BCUT2D eigenvalue weighted by Crippen LogP contribution is -2.37. The van der Waals surface area contributed by atoms with Gasteiger partial charge < -0.3 is 11.1 Å². The van der Waals surface area contributed by atoms with Gasteiger partial charge in [-0.2, -0.15) is 0 Å². The Bertz CT molecular complexity index is 454. The summed E-state index contributed by atoms with van der Waals surface area (Å²) in [6.07, 6.45) is 4.52. The molecule has 1 unspecified atom stereocenters. The molecule has 1 fully saturated rings. The van der Waals surface area contributed by atoms with Crippen LogP contribution in [0.3, 0.4) is 0 Å². The van der Waals surface area contributed by atoms with E-state index in [1.165, 1.54) is 6.42 Å². The number of hydrogen-bond acceptors (Lipinski definition) is 2. The van der Waals surface area contributed by atoms with Crippen LogP contribution < -0.4 is 11.1 Å². The summed E-state index contributed by atoms with van der Waals surface area (Å²) >= 11 is 0. The largest absolute Gasteiger partial charge is 0.326 e. The second-order valence-electron chi connectivity index (χ2n) is 6.18. The first-order valence-corrected chi connectivity index (χ1v) is 7.13. The van der Waals surface area contributed by atoms with E-state index < -0.39 is 0 Å². The maximum absolute atomic E-state index is 12.4. The topological polar surface area (TPSA) is 55.1 Å². The molecule has 3 N–H and O–H groups in total. The summed E-state index contributed by atoms with van der Waals surface area (Å²) in [6, 6.07) is 7.78. The van der Waals surface area contributed by atoms with E-state index in [1.54, 1.807) is 0 Å². The molecule has 1 saturated carbocycles. The number of carbonyl (C=O) groups is 1. The molecule has 19 heavy (non-hydrogen) atoms. The molecule has 3 nitrogen and oxygen atoms in total. The Hall–Kier alpha value is -1.35. The van der Waals surface area contributed by atoms with Crippen LogP contribution in [0, 0.1) is 11.3 Å². The van der Waals surface area contributed by atoms with Gasteiger partial charge in [0.15, 0.2) is 0 Å². The fourth-order valence-electron chi connectivity index (χ4n) is 2.99. The van der Waals surface area contributed by atoms with E-state index in [1.807, 2.05) is 24.3 Å². The third-order valence-corrected chi connectivity index (χ3v) is 4.25. The third kappa shape index (κ3) is 3.35. The summed E-state index contributed by atoms with van der Waals surface area (Å²) in [4.78, 5) is 12.4. The summed E-state index contributed by atoms with van der Waals surface area (Å²) in [5, 5.41) is 3.05. The molecule has 0 aromatic heterocycles. The standard InChI is InChI=1S/C16H24N2O/c1-16(2)9-4-3-8-14(16)15(19)18-13-7-5-6-12(10-13)11-17/h5-7,10,14H,3-4,8-9,11,17H2,1-2H3,(H,18,19). The molecule has 0 bridgehead atoms. The van der Waals surface area contributed by atoms with Crippen molar-refractivity contribution in [3.8, 4) is 0 Å². The van der Waals surface area contributed by atoms with Crippen molar-refractivity contribution in [2.24, 2.45) is 17.1 Å². The van der Waals surface area contributed by atoms with Crippen LogP contribution >= 0.6 is 0 Å². The summed E-state index contributed by atoms with van der Waals surface area (Å²) in [5.41, 5.74) is 7.63. The van der Waals surface area contributed by atoms with E-state index in [4.69, 9.17) is 5.73 Å². The van der Waals surface area contributed by atoms with Gasteiger partial charge in [0.2, 0.25) is 5.91 Å². The molecule has 0 radical (unpaired) electrons.